The second kappa shape index (κ2) is 5.06. The van der Waals surface area contributed by atoms with Crippen LogP contribution in [0.4, 0.5) is 5.69 Å². The summed E-state index contributed by atoms with van der Waals surface area (Å²) in [7, 11) is 1.72. The Morgan fingerprint density at radius 1 is 1.05 bits per heavy atom. The van der Waals surface area contributed by atoms with Crippen molar-refractivity contribution in [3.05, 3.63) is 71.3 Å². The lowest BCUT2D eigenvalue weighted by molar-refractivity contribution is 0.411. The van der Waals surface area contributed by atoms with Crippen molar-refractivity contribution in [2.45, 2.75) is 19.4 Å². The van der Waals surface area contributed by atoms with Crippen LogP contribution in [0.2, 0.25) is 0 Å². The third-order valence-corrected chi connectivity index (χ3v) is 4.58. The average molecular weight is 289 g/mol. The Balaban J connectivity index is 1.72. The predicted octanol–water partition coefficient (Wildman–Crippen LogP) is 4.87. The number of rotatable bonds is 2. The highest BCUT2D eigenvalue weighted by Gasteiger charge is 2.23. The molecular weight excluding hydrogens is 270 g/mol. The van der Waals surface area contributed by atoms with Crippen molar-refractivity contribution in [2.75, 3.05) is 12.4 Å². The molecule has 0 amide bonds. The minimum Gasteiger partial charge on any atom is -0.496 e. The van der Waals surface area contributed by atoms with E-state index in [-0.39, 0.29) is 0 Å². The molecular formula is C20H19NO. The van der Waals surface area contributed by atoms with E-state index in [0.717, 1.165) is 12.2 Å². The Morgan fingerprint density at radius 3 is 2.73 bits per heavy atom. The molecule has 0 bridgehead atoms. The molecule has 2 nitrogen and oxygen atoms in total. The molecule has 110 valence electrons. The molecule has 1 aliphatic rings. The van der Waals surface area contributed by atoms with E-state index in [1.54, 1.807) is 7.11 Å². The summed E-state index contributed by atoms with van der Waals surface area (Å²) in [6.45, 7) is 2.10. The van der Waals surface area contributed by atoms with Crippen LogP contribution in [0.3, 0.4) is 0 Å². The van der Waals surface area contributed by atoms with Crippen LogP contribution in [-0.4, -0.2) is 7.11 Å². The standard InChI is InChI=1S/C20H19NO/c1-13-11-15(9-10-19(13)22-2)18-12-16-8-7-14-5-3-4-6-17(14)20(16)21-18/h3-11,18,21H,12H2,1-2H3. The second-order valence-electron chi connectivity index (χ2n) is 5.95. The molecule has 2 heteroatoms. The van der Waals surface area contributed by atoms with Gasteiger partial charge in [-0.2, -0.15) is 0 Å². The smallest absolute Gasteiger partial charge is 0.121 e. The summed E-state index contributed by atoms with van der Waals surface area (Å²) in [4.78, 5) is 0. The molecule has 22 heavy (non-hydrogen) atoms. The van der Waals surface area contributed by atoms with Crippen LogP contribution in [0.25, 0.3) is 10.8 Å². The third-order valence-electron chi connectivity index (χ3n) is 4.58. The normalized spacial score (nSPS) is 16.4. The predicted molar refractivity (Wildman–Crippen MR) is 91.7 cm³/mol. The van der Waals surface area contributed by atoms with Gasteiger partial charge >= 0.3 is 0 Å². The number of anilines is 1. The molecule has 0 spiro atoms. The first-order valence-electron chi connectivity index (χ1n) is 7.68. The maximum Gasteiger partial charge on any atom is 0.121 e. The fourth-order valence-electron chi connectivity index (χ4n) is 3.42. The van der Waals surface area contributed by atoms with Crippen LogP contribution in [0, 0.1) is 6.92 Å². The fourth-order valence-corrected chi connectivity index (χ4v) is 3.42. The van der Waals surface area contributed by atoms with Gasteiger partial charge in [-0.25, -0.2) is 0 Å². The second-order valence-corrected chi connectivity index (χ2v) is 5.95. The van der Waals surface area contributed by atoms with Crippen LogP contribution in [-0.2, 0) is 6.42 Å². The monoisotopic (exact) mass is 289 g/mol. The van der Waals surface area contributed by atoms with Crippen LogP contribution < -0.4 is 10.1 Å². The van der Waals surface area contributed by atoms with Gasteiger partial charge in [-0.05, 0) is 41.5 Å². The number of nitrogens with one attached hydrogen (secondary N) is 1. The molecule has 1 heterocycles. The zero-order chi connectivity index (χ0) is 15.1. The zero-order valence-corrected chi connectivity index (χ0v) is 12.9. The highest BCUT2D eigenvalue weighted by molar-refractivity contribution is 5.96. The van der Waals surface area contributed by atoms with Gasteiger partial charge in [0.2, 0.25) is 0 Å². The summed E-state index contributed by atoms with van der Waals surface area (Å²) < 4.78 is 5.36. The number of ether oxygens (including phenoxy) is 1. The molecule has 0 saturated carbocycles. The van der Waals surface area contributed by atoms with Crippen molar-refractivity contribution in [3.8, 4) is 5.75 Å². The van der Waals surface area contributed by atoms with E-state index in [9.17, 15) is 0 Å². The molecule has 1 N–H and O–H groups in total. The molecule has 3 aromatic carbocycles. The van der Waals surface area contributed by atoms with Crippen molar-refractivity contribution in [3.63, 3.8) is 0 Å². The van der Waals surface area contributed by atoms with Gasteiger partial charge in [-0.3, -0.25) is 0 Å². The molecule has 1 atom stereocenters. The molecule has 0 fully saturated rings. The van der Waals surface area contributed by atoms with Gasteiger partial charge in [0.05, 0.1) is 13.2 Å². The summed E-state index contributed by atoms with van der Waals surface area (Å²) in [5.41, 5.74) is 5.19. The Morgan fingerprint density at radius 2 is 1.91 bits per heavy atom. The van der Waals surface area contributed by atoms with Gasteiger partial charge in [0.15, 0.2) is 0 Å². The van der Waals surface area contributed by atoms with Gasteiger partial charge in [0.25, 0.3) is 0 Å². The van der Waals surface area contributed by atoms with Crippen molar-refractivity contribution < 1.29 is 4.74 Å². The number of hydrogen-bond donors (Lipinski definition) is 1. The molecule has 0 saturated heterocycles. The van der Waals surface area contributed by atoms with E-state index >= 15 is 0 Å². The maximum absolute atomic E-state index is 5.36. The van der Waals surface area contributed by atoms with Crippen molar-refractivity contribution in [1.82, 2.24) is 0 Å². The van der Waals surface area contributed by atoms with Gasteiger partial charge in [0, 0.05) is 11.1 Å². The van der Waals surface area contributed by atoms with E-state index < -0.39 is 0 Å². The Bertz CT molecular complexity index is 853. The topological polar surface area (TPSA) is 21.3 Å². The largest absolute Gasteiger partial charge is 0.496 e. The zero-order valence-electron chi connectivity index (χ0n) is 12.9. The number of methoxy groups -OCH3 is 1. The van der Waals surface area contributed by atoms with Crippen LogP contribution in [0.5, 0.6) is 5.75 Å². The minimum absolute atomic E-state index is 0.338. The Kier molecular flexibility index (Phi) is 3.04. The van der Waals surface area contributed by atoms with Gasteiger partial charge in [0.1, 0.15) is 5.75 Å². The molecule has 0 radical (unpaired) electrons. The summed E-state index contributed by atoms with van der Waals surface area (Å²) in [5.74, 6) is 0.949. The third kappa shape index (κ3) is 2.03. The Hall–Kier alpha value is -2.48. The summed E-state index contributed by atoms with van der Waals surface area (Å²) >= 11 is 0. The van der Waals surface area contributed by atoms with Gasteiger partial charge in [-0.1, -0.05) is 48.5 Å². The van der Waals surface area contributed by atoms with E-state index in [1.165, 1.54) is 33.2 Å². The first-order valence-corrected chi connectivity index (χ1v) is 7.68. The van der Waals surface area contributed by atoms with Gasteiger partial charge < -0.3 is 10.1 Å². The van der Waals surface area contributed by atoms with Crippen LogP contribution in [0.15, 0.2) is 54.6 Å². The van der Waals surface area contributed by atoms with Crippen molar-refractivity contribution >= 4 is 16.5 Å². The lowest BCUT2D eigenvalue weighted by Crippen LogP contribution is -2.06. The number of aryl methyl sites for hydroxylation is 1. The molecule has 1 unspecified atom stereocenters. The first kappa shape index (κ1) is 13.2. The fraction of sp³-hybridized carbons (Fsp3) is 0.200. The van der Waals surface area contributed by atoms with Gasteiger partial charge in [-0.15, -0.1) is 0 Å². The first-order chi connectivity index (χ1) is 10.8. The average Bonchev–Trinajstić information content (AvgIpc) is 2.99. The molecule has 0 aliphatic carbocycles. The van der Waals surface area contributed by atoms with E-state index in [0.29, 0.717) is 6.04 Å². The lowest BCUT2D eigenvalue weighted by Gasteiger charge is -2.14. The van der Waals surface area contributed by atoms with Crippen molar-refractivity contribution in [2.24, 2.45) is 0 Å². The van der Waals surface area contributed by atoms with E-state index in [1.807, 2.05) is 0 Å². The quantitative estimate of drug-likeness (QED) is 0.727. The maximum atomic E-state index is 5.36. The highest BCUT2D eigenvalue weighted by Crippen LogP contribution is 2.39. The highest BCUT2D eigenvalue weighted by atomic mass is 16.5. The molecule has 1 aliphatic heterocycles. The van der Waals surface area contributed by atoms with E-state index in [2.05, 4.69) is 66.8 Å². The summed E-state index contributed by atoms with van der Waals surface area (Å²) in [6.07, 6.45) is 1.03. The number of benzene rings is 3. The summed E-state index contributed by atoms with van der Waals surface area (Å²) in [6, 6.07) is 19.8. The minimum atomic E-state index is 0.338. The molecule has 3 aromatic rings. The van der Waals surface area contributed by atoms with E-state index in [4.69, 9.17) is 4.74 Å². The van der Waals surface area contributed by atoms with Crippen LogP contribution >= 0.6 is 0 Å². The lowest BCUT2D eigenvalue weighted by atomic mass is 9.99. The SMILES string of the molecule is COc1ccc(C2Cc3ccc4ccccc4c3N2)cc1C. The van der Waals surface area contributed by atoms with Crippen LogP contribution in [0.1, 0.15) is 22.7 Å². The Labute approximate surface area is 130 Å². The summed E-state index contributed by atoms with van der Waals surface area (Å²) in [5, 5.41) is 6.32. The van der Waals surface area contributed by atoms with Crippen molar-refractivity contribution in [1.29, 1.82) is 0 Å². The molecule has 0 aromatic heterocycles. The number of fused-ring (bicyclic) bond motifs is 3. The molecule has 4 rings (SSSR count). The number of hydrogen-bond acceptors (Lipinski definition) is 2.